The summed E-state index contributed by atoms with van der Waals surface area (Å²) in [6, 6.07) is 4.90. The van der Waals surface area contributed by atoms with E-state index in [1.165, 1.54) is 18.9 Å². The van der Waals surface area contributed by atoms with Gasteiger partial charge in [-0.1, -0.05) is 13.3 Å². The van der Waals surface area contributed by atoms with Gasteiger partial charge in [-0.2, -0.15) is 0 Å². The topological polar surface area (TPSA) is 21.3 Å². The van der Waals surface area contributed by atoms with E-state index in [-0.39, 0.29) is 18.0 Å². The Hall–Kier alpha value is -1.09. The van der Waals surface area contributed by atoms with Crippen LogP contribution in [0.2, 0.25) is 0 Å². The highest BCUT2D eigenvalue weighted by Gasteiger charge is 2.22. The van der Waals surface area contributed by atoms with Crippen LogP contribution in [0.4, 0.5) is 4.39 Å². The van der Waals surface area contributed by atoms with Crippen LogP contribution in [0, 0.1) is 11.7 Å². The Bertz CT molecular complexity index is 421. The Morgan fingerprint density at radius 3 is 2.84 bits per heavy atom. The first kappa shape index (κ1) is 14.3. The fourth-order valence-corrected chi connectivity index (χ4v) is 2.79. The van der Waals surface area contributed by atoms with Crippen molar-refractivity contribution in [1.82, 2.24) is 5.32 Å². The standard InChI is InChI=1S/C16H24FNO/c1-11-5-4-6-14(9-11)19-16-8-7-13(17)10-15(16)12(2)18-3/h7-8,10-12,14,18H,4-6,9H2,1-3H3. The number of halogens is 1. The van der Waals surface area contributed by atoms with Crippen molar-refractivity contribution in [3.05, 3.63) is 29.6 Å². The summed E-state index contributed by atoms with van der Waals surface area (Å²) in [7, 11) is 1.88. The van der Waals surface area contributed by atoms with Crippen molar-refractivity contribution >= 4 is 0 Å². The van der Waals surface area contributed by atoms with Gasteiger partial charge in [0.05, 0.1) is 6.10 Å². The summed E-state index contributed by atoms with van der Waals surface area (Å²) in [5.74, 6) is 1.34. The molecule has 0 saturated heterocycles. The van der Waals surface area contributed by atoms with Gasteiger partial charge in [0.25, 0.3) is 0 Å². The van der Waals surface area contributed by atoms with Crippen LogP contribution in [0.1, 0.15) is 51.1 Å². The van der Waals surface area contributed by atoms with Crippen LogP contribution in [0.25, 0.3) is 0 Å². The van der Waals surface area contributed by atoms with Gasteiger partial charge in [0.1, 0.15) is 11.6 Å². The van der Waals surface area contributed by atoms with E-state index in [9.17, 15) is 4.39 Å². The normalized spacial score (nSPS) is 25.1. The molecule has 1 aliphatic carbocycles. The predicted molar refractivity (Wildman–Crippen MR) is 75.9 cm³/mol. The van der Waals surface area contributed by atoms with Gasteiger partial charge in [-0.05, 0) is 57.4 Å². The highest BCUT2D eigenvalue weighted by atomic mass is 19.1. The number of hydrogen-bond donors (Lipinski definition) is 1. The Balaban J connectivity index is 2.14. The lowest BCUT2D eigenvalue weighted by Crippen LogP contribution is -2.25. The van der Waals surface area contributed by atoms with Crippen molar-refractivity contribution < 1.29 is 9.13 Å². The van der Waals surface area contributed by atoms with Crippen LogP contribution in [0.5, 0.6) is 5.75 Å². The van der Waals surface area contributed by atoms with E-state index in [4.69, 9.17) is 4.74 Å². The molecule has 106 valence electrons. The highest BCUT2D eigenvalue weighted by molar-refractivity contribution is 5.36. The molecule has 1 N–H and O–H groups in total. The molecule has 3 heteroatoms. The van der Waals surface area contributed by atoms with Crippen LogP contribution in [-0.2, 0) is 0 Å². The van der Waals surface area contributed by atoms with Crippen molar-refractivity contribution in [1.29, 1.82) is 0 Å². The summed E-state index contributed by atoms with van der Waals surface area (Å²) in [5.41, 5.74) is 0.903. The minimum Gasteiger partial charge on any atom is -0.490 e. The zero-order chi connectivity index (χ0) is 13.8. The molecule has 0 heterocycles. The minimum atomic E-state index is -0.207. The molecule has 0 radical (unpaired) electrons. The predicted octanol–water partition coefficient (Wildman–Crippen LogP) is 4.06. The van der Waals surface area contributed by atoms with Crippen LogP contribution < -0.4 is 10.1 Å². The number of hydrogen-bond acceptors (Lipinski definition) is 2. The fourth-order valence-electron chi connectivity index (χ4n) is 2.79. The van der Waals surface area contributed by atoms with E-state index in [1.54, 1.807) is 12.1 Å². The van der Waals surface area contributed by atoms with E-state index in [0.29, 0.717) is 0 Å². The molecule has 1 aliphatic rings. The molecule has 1 saturated carbocycles. The zero-order valence-corrected chi connectivity index (χ0v) is 12.1. The molecule has 3 atom stereocenters. The maximum atomic E-state index is 13.4. The maximum Gasteiger partial charge on any atom is 0.124 e. The number of rotatable bonds is 4. The van der Waals surface area contributed by atoms with Crippen LogP contribution >= 0.6 is 0 Å². The lowest BCUT2D eigenvalue weighted by Gasteiger charge is -2.29. The van der Waals surface area contributed by atoms with Gasteiger partial charge in [0.2, 0.25) is 0 Å². The summed E-state index contributed by atoms with van der Waals surface area (Å²) < 4.78 is 19.5. The first-order chi connectivity index (χ1) is 9.10. The average Bonchev–Trinajstić information content (AvgIpc) is 2.40. The Morgan fingerprint density at radius 2 is 2.16 bits per heavy atom. The van der Waals surface area contributed by atoms with E-state index >= 15 is 0 Å². The quantitative estimate of drug-likeness (QED) is 0.886. The molecule has 3 unspecified atom stereocenters. The molecule has 0 amide bonds. The largest absolute Gasteiger partial charge is 0.490 e. The lowest BCUT2D eigenvalue weighted by atomic mass is 9.88. The summed E-state index contributed by atoms with van der Waals surface area (Å²) in [6.45, 7) is 4.29. The third-order valence-electron chi connectivity index (χ3n) is 4.05. The second-order valence-electron chi connectivity index (χ2n) is 5.70. The molecule has 1 aromatic carbocycles. The van der Waals surface area contributed by atoms with Crippen molar-refractivity contribution in [2.45, 2.75) is 51.7 Å². The average molecular weight is 265 g/mol. The smallest absolute Gasteiger partial charge is 0.124 e. The second kappa shape index (κ2) is 6.38. The number of nitrogens with one attached hydrogen (secondary N) is 1. The van der Waals surface area contributed by atoms with Gasteiger partial charge in [-0.3, -0.25) is 0 Å². The summed E-state index contributed by atoms with van der Waals surface area (Å²) >= 11 is 0. The molecule has 0 aliphatic heterocycles. The molecule has 2 nitrogen and oxygen atoms in total. The molecule has 1 fully saturated rings. The van der Waals surface area contributed by atoms with E-state index in [1.807, 2.05) is 14.0 Å². The molecular formula is C16H24FNO. The fraction of sp³-hybridized carbons (Fsp3) is 0.625. The molecule has 1 aromatic rings. The lowest BCUT2D eigenvalue weighted by molar-refractivity contribution is 0.127. The molecule has 2 rings (SSSR count). The van der Waals surface area contributed by atoms with E-state index in [0.717, 1.165) is 30.1 Å². The van der Waals surface area contributed by atoms with Gasteiger partial charge >= 0.3 is 0 Å². The molecule has 0 aromatic heterocycles. The third-order valence-corrected chi connectivity index (χ3v) is 4.05. The van der Waals surface area contributed by atoms with Gasteiger partial charge < -0.3 is 10.1 Å². The highest BCUT2D eigenvalue weighted by Crippen LogP contribution is 2.31. The second-order valence-corrected chi connectivity index (χ2v) is 5.70. The van der Waals surface area contributed by atoms with Crippen LogP contribution in [-0.4, -0.2) is 13.2 Å². The van der Waals surface area contributed by atoms with E-state index in [2.05, 4.69) is 12.2 Å². The summed E-state index contributed by atoms with van der Waals surface area (Å²) in [4.78, 5) is 0. The van der Waals surface area contributed by atoms with Crippen molar-refractivity contribution in [3.8, 4) is 5.75 Å². The number of benzene rings is 1. The van der Waals surface area contributed by atoms with Gasteiger partial charge in [-0.25, -0.2) is 4.39 Å². The summed E-state index contributed by atoms with van der Waals surface area (Å²) in [5, 5.41) is 3.15. The van der Waals surface area contributed by atoms with Crippen LogP contribution in [0.3, 0.4) is 0 Å². The summed E-state index contributed by atoms with van der Waals surface area (Å²) in [6.07, 6.45) is 5.00. The first-order valence-corrected chi connectivity index (χ1v) is 7.23. The van der Waals surface area contributed by atoms with Gasteiger partial charge in [0, 0.05) is 11.6 Å². The first-order valence-electron chi connectivity index (χ1n) is 7.23. The Labute approximate surface area is 115 Å². The molecular weight excluding hydrogens is 241 g/mol. The maximum absolute atomic E-state index is 13.4. The minimum absolute atomic E-state index is 0.0896. The third kappa shape index (κ3) is 3.69. The zero-order valence-electron chi connectivity index (χ0n) is 12.1. The van der Waals surface area contributed by atoms with Crippen molar-refractivity contribution in [2.75, 3.05) is 7.05 Å². The van der Waals surface area contributed by atoms with Crippen LogP contribution in [0.15, 0.2) is 18.2 Å². The van der Waals surface area contributed by atoms with Crippen molar-refractivity contribution in [2.24, 2.45) is 5.92 Å². The SMILES string of the molecule is CNC(C)c1cc(F)ccc1OC1CCCC(C)C1. The van der Waals surface area contributed by atoms with Crippen molar-refractivity contribution in [3.63, 3.8) is 0 Å². The molecule has 0 spiro atoms. The Morgan fingerprint density at radius 1 is 1.37 bits per heavy atom. The van der Waals surface area contributed by atoms with Gasteiger partial charge in [0.15, 0.2) is 0 Å². The molecule has 19 heavy (non-hydrogen) atoms. The Kier molecular flexibility index (Phi) is 4.81. The van der Waals surface area contributed by atoms with E-state index < -0.39 is 0 Å². The van der Waals surface area contributed by atoms with Gasteiger partial charge in [-0.15, -0.1) is 0 Å². The number of ether oxygens (including phenoxy) is 1. The molecule has 0 bridgehead atoms. The monoisotopic (exact) mass is 265 g/mol.